The molecule has 0 bridgehead atoms. The quantitative estimate of drug-likeness (QED) is 0.812. The number of ether oxygens (including phenoxy) is 2. The summed E-state index contributed by atoms with van der Waals surface area (Å²) in [6.45, 7) is 0. The maximum atomic E-state index is 11.0. The largest absolute Gasteiger partial charge is 0.493 e. The first-order valence-electron chi connectivity index (χ1n) is 5.25. The molecular weight excluding hydrogens is 234 g/mol. The molecule has 0 aromatic heterocycles. The standard InChI is InChI=1S/C13H13NO4/c1-17-11-5-7-3-9(13(15)16)10(14)4-8(7)6-12(11)18-2/h3-6H,14H2,1-2H3,(H,15,16). The predicted molar refractivity (Wildman–Crippen MR) is 68.4 cm³/mol. The average Bonchev–Trinajstić information content (AvgIpc) is 2.36. The van der Waals surface area contributed by atoms with E-state index < -0.39 is 5.97 Å². The van der Waals surface area contributed by atoms with Gasteiger partial charge >= 0.3 is 5.97 Å². The average molecular weight is 247 g/mol. The van der Waals surface area contributed by atoms with Crippen LogP contribution in [-0.4, -0.2) is 25.3 Å². The first-order valence-corrected chi connectivity index (χ1v) is 5.25. The summed E-state index contributed by atoms with van der Waals surface area (Å²) in [6, 6.07) is 6.62. The van der Waals surface area contributed by atoms with Gasteiger partial charge < -0.3 is 20.3 Å². The number of methoxy groups -OCH3 is 2. The molecule has 0 aliphatic rings. The second kappa shape index (κ2) is 4.44. The lowest BCUT2D eigenvalue weighted by molar-refractivity contribution is 0.0698. The molecule has 0 aliphatic heterocycles. The van der Waals surface area contributed by atoms with Crippen LogP contribution in [-0.2, 0) is 0 Å². The molecule has 0 radical (unpaired) electrons. The number of carboxylic acid groups (broad SMARTS) is 1. The summed E-state index contributed by atoms with van der Waals surface area (Å²) in [4.78, 5) is 11.0. The summed E-state index contributed by atoms with van der Waals surface area (Å²) >= 11 is 0. The van der Waals surface area contributed by atoms with Gasteiger partial charge in [-0.1, -0.05) is 0 Å². The number of carbonyl (C=O) groups is 1. The molecule has 0 spiro atoms. The molecule has 5 heteroatoms. The van der Waals surface area contributed by atoms with E-state index in [2.05, 4.69) is 0 Å². The van der Waals surface area contributed by atoms with Crippen molar-refractivity contribution in [3.8, 4) is 11.5 Å². The number of aromatic carboxylic acids is 1. The van der Waals surface area contributed by atoms with Gasteiger partial charge in [-0.05, 0) is 35.0 Å². The Morgan fingerprint density at radius 3 is 2.00 bits per heavy atom. The zero-order valence-corrected chi connectivity index (χ0v) is 10.1. The van der Waals surface area contributed by atoms with Gasteiger partial charge in [0.1, 0.15) is 0 Å². The number of hydrogen-bond acceptors (Lipinski definition) is 4. The van der Waals surface area contributed by atoms with Crippen molar-refractivity contribution in [2.24, 2.45) is 0 Å². The number of fused-ring (bicyclic) bond motifs is 1. The summed E-state index contributed by atoms with van der Waals surface area (Å²) in [7, 11) is 3.07. The van der Waals surface area contributed by atoms with Crippen LogP contribution >= 0.6 is 0 Å². The van der Waals surface area contributed by atoms with Crippen LogP contribution in [0.2, 0.25) is 0 Å². The highest BCUT2D eigenvalue weighted by Gasteiger charge is 2.12. The van der Waals surface area contributed by atoms with Crippen molar-refractivity contribution in [2.45, 2.75) is 0 Å². The molecule has 18 heavy (non-hydrogen) atoms. The van der Waals surface area contributed by atoms with Crippen molar-refractivity contribution < 1.29 is 19.4 Å². The van der Waals surface area contributed by atoms with Crippen LogP contribution in [0.15, 0.2) is 24.3 Å². The van der Waals surface area contributed by atoms with E-state index in [1.54, 1.807) is 25.3 Å². The fourth-order valence-corrected chi connectivity index (χ4v) is 1.83. The number of rotatable bonds is 3. The summed E-state index contributed by atoms with van der Waals surface area (Å²) in [5.41, 5.74) is 6.00. The third kappa shape index (κ3) is 1.90. The van der Waals surface area contributed by atoms with Crippen LogP contribution in [0.25, 0.3) is 10.8 Å². The van der Waals surface area contributed by atoms with Crippen LogP contribution < -0.4 is 15.2 Å². The van der Waals surface area contributed by atoms with Crippen LogP contribution in [0, 0.1) is 0 Å². The minimum Gasteiger partial charge on any atom is -0.493 e. The fourth-order valence-electron chi connectivity index (χ4n) is 1.83. The Kier molecular flexibility index (Phi) is 2.97. The first-order chi connectivity index (χ1) is 8.56. The van der Waals surface area contributed by atoms with Crippen LogP contribution in [0.1, 0.15) is 10.4 Å². The van der Waals surface area contributed by atoms with E-state index in [4.69, 9.17) is 20.3 Å². The van der Waals surface area contributed by atoms with Crippen molar-refractivity contribution in [3.05, 3.63) is 29.8 Å². The smallest absolute Gasteiger partial charge is 0.337 e. The van der Waals surface area contributed by atoms with Gasteiger partial charge in [-0.25, -0.2) is 4.79 Å². The van der Waals surface area contributed by atoms with Gasteiger partial charge in [0.15, 0.2) is 11.5 Å². The minimum atomic E-state index is -1.05. The van der Waals surface area contributed by atoms with Crippen molar-refractivity contribution in [1.82, 2.24) is 0 Å². The third-order valence-electron chi connectivity index (χ3n) is 2.74. The SMILES string of the molecule is COc1cc2cc(N)c(C(=O)O)cc2cc1OC. The first kappa shape index (κ1) is 12.0. The molecule has 0 atom stereocenters. The summed E-state index contributed by atoms with van der Waals surface area (Å²) in [5.74, 6) is 0.0720. The van der Waals surface area contributed by atoms with Crippen molar-refractivity contribution in [2.75, 3.05) is 20.0 Å². The van der Waals surface area contributed by atoms with Crippen molar-refractivity contribution in [3.63, 3.8) is 0 Å². The molecule has 0 amide bonds. The maximum absolute atomic E-state index is 11.0. The number of carboxylic acids is 1. The number of nitrogen functional groups attached to an aromatic ring is 1. The van der Waals surface area contributed by atoms with Gasteiger partial charge in [0.25, 0.3) is 0 Å². The number of anilines is 1. The fraction of sp³-hybridized carbons (Fsp3) is 0.154. The van der Waals surface area contributed by atoms with Gasteiger partial charge in [-0.15, -0.1) is 0 Å². The molecule has 94 valence electrons. The Bertz CT molecular complexity index is 622. The number of nitrogens with two attached hydrogens (primary N) is 1. The van der Waals surface area contributed by atoms with E-state index in [0.717, 1.165) is 10.8 Å². The normalized spacial score (nSPS) is 10.3. The van der Waals surface area contributed by atoms with E-state index >= 15 is 0 Å². The lowest BCUT2D eigenvalue weighted by atomic mass is 10.0. The zero-order chi connectivity index (χ0) is 13.3. The molecule has 0 fully saturated rings. The van der Waals surface area contributed by atoms with Crippen LogP contribution in [0.3, 0.4) is 0 Å². The van der Waals surface area contributed by atoms with Crippen LogP contribution in [0.5, 0.6) is 11.5 Å². The monoisotopic (exact) mass is 247 g/mol. The number of benzene rings is 2. The van der Waals surface area contributed by atoms with Gasteiger partial charge in [0.05, 0.1) is 19.8 Å². The Balaban J connectivity index is 2.73. The molecule has 2 aromatic carbocycles. The second-order valence-electron chi connectivity index (χ2n) is 3.80. The number of hydrogen-bond donors (Lipinski definition) is 2. The second-order valence-corrected chi connectivity index (χ2v) is 3.80. The van der Waals surface area contributed by atoms with E-state index in [-0.39, 0.29) is 11.3 Å². The lowest BCUT2D eigenvalue weighted by Gasteiger charge is -2.10. The third-order valence-corrected chi connectivity index (χ3v) is 2.74. The highest BCUT2D eigenvalue weighted by molar-refractivity contribution is 6.01. The molecule has 2 aromatic rings. The van der Waals surface area contributed by atoms with Gasteiger partial charge in [-0.2, -0.15) is 0 Å². The topological polar surface area (TPSA) is 81.8 Å². The lowest BCUT2D eigenvalue weighted by Crippen LogP contribution is -2.02. The summed E-state index contributed by atoms with van der Waals surface area (Å²) < 4.78 is 10.4. The Morgan fingerprint density at radius 2 is 1.56 bits per heavy atom. The van der Waals surface area contributed by atoms with Crippen molar-refractivity contribution in [1.29, 1.82) is 0 Å². The van der Waals surface area contributed by atoms with E-state index in [9.17, 15) is 4.79 Å². The zero-order valence-electron chi connectivity index (χ0n) is 10.1. The molecule has 5 nitrogen and oxygen atoms in total. The Hall–Kier alpha value is -2.43. The van der Waals surface area contributed by atoms with Gasteiger partial charge in [0, 0.05) is 5.69 Å². The predicted octanol–water partition coefficient (Wildman–Crippen LogP) is 2.14. The van der Waals surface area contributed by atoms with Gasteiger partial charge in [0.2, 0.25) is 0 Å². The molecule has 0 heterocycles. The van der Waals surface area contributed by atoms with Gasteiger partial charge in [-0.3, -0.25) is 0 Å². The Labute approximate surface area is 104 Å². The summed E-state index contributed by atoms with van der Waals surface area (Å²) in [5, 5.41) is 10.6. The molecule has 3 N–H and O–H groups in total. The maximum Gasteiger partial charge on any atom is 0.337 e. The molecule has 2 rings (SSSR count). The molecule has 0 saturated carbocycles. The van der Waals surface area contributed by atoms with Crippen molar-refractivity contribution >= 4 is 22.4 Å². The Morgan fingerprint density at radius 1 is 1.06 bits per heavy atom. The molecule has 0 unspecified atom stereocenters. The molecular formula is C13H13NO4. The summed E-state index contributed by atoms with van der Waals surface area (Å²) in [6.07, 6.45) is 0. The van der Waals surface area contributed by atoms with E-state index in [0.29, 0.717) is 11.5 Å². The molecule has 0 aliphatic carbocycles. The minimum absolute atomic E-state index is 0.0784. The van der Waals surface area contributed by atoms with E-state index in [1.807, 2.05) is 0 Å². The highest BCUT2D eigenvalue weighted by Crippen LogP contribution is 2.33. The van der Waals surface area contributed by atoms with E-state index in [1.165, 1.54) is 13.2 Å². The molecule has 0 saturated heterocycles. The highest BCUT2D eigenvalue weighted by atomic mass is 16.5. The van der Waals surface area contributed by atoms with Crippen LogP contribution in [0.4, 0.5) is 5.69 Å².